The maximum absolute atomic E-state index is 12.8. The SMILES string of the molecule is CC(C)OCCCOCCCCCCCCCCCCc1ccc(F)cc1. The molecule has 0 spiro atoms. The fourth-order valence-electron chi connectivity index (χ4n) is 3.18. The van der Waals surface area contributed by atoms with Crippen molar-refractivity contribution in [3.8, 4) is 0 Å². The molecule has 0 fully saturated rings. The maximum Gasteiger partial charge on any atom is 0.123 e. The molecule has 0 radical (unpaired) electrons. The van der Waals surface area contributed by atoms with Crippen molar-refractivity contribution >= 4 is 0 Å². The Bertz CT molecular complexity index is 431. The normalized spacial score (nSPS) is 11.4. The number of hydrogen-bond donors (Lipinski definition) is 0. The Morgan fingerprint density at radius 3 is 1.78 bits per heavy atom. The third-order valence-electron chi connectivity index (χ3n) is 4.80. The number of ether oxygens (including phenoxy) is 2. The molecule has 0 amide bonds. The van der Waals surface area contributed by atoms with Crippen LogP contribution in [0.2, 0.25) is 0 Å². The van der Waals surface area contributed by atoms with E-state index in [4.69, 9.17) is 9.47 Å². The maximum atomic E-state index is 12.8. The van der Waals surface area contributed by atoms with Crippen LogP contribution >= 0.6 is 0 Å². The van der Waals surface area contributed by atoms with Crippen LogP contribution in [0.3, 0.4) is 0 Å². The zero-order valence-electron chi connectivity index (χ0n) is 17.7. The van der Waals surface area contributed by atoms with Crippen LogP contribution in [0.1, 0.15) is 90.0 Å². The van der Waals surface area contributed by atoms with Crippen LogP contribution in [0.4, 0.5) is 4.39 Å². The van der Waals surface area contributed by atoms with Gasteiger partial charge in [-0.1, -0.05) is 63.5 Å². The molecule has 0 aliphatic rings. The second kappa shape index (κ2) is 17.2. The van der Waals surface area contributed by atoms with Crippen molar-refractivity contribution in [3.05, 3.63) is 35.6 Å². The van der Waals surface area contributed by atoms with E-state index in [0.717, 1.165) is 32.7 Å². The first-order valence-corrected chi connectivity index (χ1v) is 11.1. The lowest BCUT2D eigenvalue weighted by Gasteiger charge is -2.07. The number of halogens is 1. The quantitative estimate of drug-likeness (QED) is 0.253. The summed E-state index contributed by atoms with van der Waals surface area (Å²) in [6.45, 7) is 6.67. The molecule has 1 rings (SSSR count). The second-order valence-electron chi connectivity index (χ2n) is 7.80. The Balaban J connectivity index is 1.72. The Morgan fingerprint density at radius 1 is 0.667 bits per heavy atom. The van der Waals surface area contributed by atoms with Gasteiger partial charge in [0.1, 0.15) is 5.82 Å². The molecule has 2 nitrogen and oxygen atoms in total. The lowest BCUT2D eigenvalue weighted by Crippen LogP contribution is -2.07. The van der Waals surface area contributed by atoms with Crippen LogP contribution in [-0.4, -0.2) is 25.9 Å². The summed E-state index contributed by atoms with van der Waals surface area (Å²) >= 11 is 0. The molecule has 0 atom stereocenters. The van der Waals surface area contributed by atoms with Gasteiger partial charge in [0.25, 0.3) is 0 Å². The minimum Gasteiger partial charge on any atom is -0.381 e. The Labute approximate surface area is 166 Å². The van der Waals surface area contributed by atoms with Gasteiger partial charge in [-0.05, 0) is 57.2 Å². The summed E-state index contributed by atoms with van der Waals surface area (Å²) < 4.78 is 24.0. The highest BCUT2D eigenvalue weighted by Crippen LogP contribution is 2.13. The topological polar surface area (TPSA) is 18.5 Å². The van der Waals surface area contributed by atoms with E-state index in [-0.39, 0.29) is 5.82 Å². The van der Waals surface area contributed by atoms with E-state index in [1.54, 1.807) is 12.1 Å². The number of unbranched alkanes of at least 4 members (excludes halogenated alkanes) is 9. The summed E-state index contributed by atoms with van der Waals surface area (Å²) in [5.74, 6) is -0.140. The van der Waals surface area contributed by atoms with E-state index < -0.39 is 0 Å². The predicted octanol–water partition coefficient (Wildman–Crippen LogP) is 7.10. The average molecular weight is 381 g/mol. The predicted molar refractivity (Wildman–Crippen MR) is 113 cm³/mol. The highest BCUT2D eigenvalue weighted by Gasteiger charge is 1.97. The molecule has 0 aliphatic heterocycles. The van der Waals surface area contributed by atoms with Gasteiger partial charge in [-0.25, -0.2) is 4.39 Å². The van der Waals surface area contributed by atoms with E-state index in [9.17, 15) is 4.39 Å². The summed E-state index contributed by atoms with van der Waals surface area (Å²) in [5.41, 5.74) is 1.25. The van der Waals surface area contributed by atoms with Gasteiger partial charge < -0.3 is 9.47 Å². The van der Waals surface area contributed by atoms with Gasteiger partial charge in [0.2, 0.25) is 0 Å². The first-order valence-electron chi connectivity index (χ1n) is 11.1. The van der Waals surface area contributed by atoms with Crippen molar-refractivity contribution in [1.82, 2.24) is 0 Å². The van der Waals surface area contributed by atoms with Crippen LogP contribution in [0.15, 0.2) is 24.3 Å². The number of benzene rings is 1. The molecular weight excluding hydrogens is 339 g/mol. The number of aryl methyl sites for hydroxylation is 1. The second-order valence-corrected chi connectivity index (χ2v) is 7.80. The third kappa shape index (κ3) is 15.8. The molecule has 0 saturated carbocycles. The highest BCUT2D eigenvalue weighted by molar-refractivity contribution is 5.15. The molecule has 27 heavy (non-hydrogen) atoms. The lowest BCUT2D eigenvalue weighted by atomic mass is 10.0. The third-order valence-corrected chi connectivity index (χ3v) is 4.80. The first kappa shape index (κ1) is 24.1. The molecule has 1 aromatic rings. The zero-order chi connectivity index (χ0) is 19.6. The van der Waals surface area contributed by atoms with Crippen molar-refractivity contribution < 1.29 is 13.9 Å². The molecule has 0 unspecified atom stereocenters. The lowest BCUT2D eigenvalue weighted by molar-refractivity contribution is 0.0507. The average Bonchev–Trinajstić information content (AvgIpc) is 2.65. The molecule has 0 saturated heterocycles. The van der Waals surface area contributed by atoms with E-state index in [2.05, 4.69) is 13.8 Å². The van der Waals surface area contributed by atoms with Gasteiger partial charge in [-0.15, -0.1) is 0 Å². The molecule has 156 valence electrons. The number of hydrogen-bond acceptors (Lipinski definition) is 2. The monoisotopic (exact) mass is 380 g/mol. The van der Waals surface area contributed by atoms with Crippen molar-refractivity contribution in [2.75, 3.05) is 19.8 Å². The molecule has 0 aromatic heterocycles. The smallest absolute Gasteiger partial charge is 0.123 e. The zero-order valence-corrected chi connectivity index (χ0v) is 17.7. The Morgan fingerprint density at radius 2 is 1.19 bits per heavy atom. The molecule has 3 heteroatoms. The van der Waals surface area contributed by atoms with Crippen molar-refractivity contribution in [2.45, 2.75) is 97.0 Å². The van der Waals surface area contributed by atoms with Gasteiger partial charge in [0, 0.05) is 19.8 Å². The van der Waals surface area contributed by atoms with Crippen molar-refractivity contribution in [2.24, 2.45) is 0 Å². The molecule has 0 aliphatic carbocycles. The van der Waals surface area contributed by atoms with Crippen LogP contribution in [-0.2, 0) is 15.9 Å². The highest BCUT2D eigenvalue weighted by atomic mass is 19.1. The Kier molecular flexibility index (Phi) is 15.3. The summed E-state index contributed by atoms with van der Waals surface area (Å²) in [6.07, 6.45) is 15.5. The molecule has 0 N–H and O–H groups in total. The summed E-state index contributed by atoms with van der Waals surface area (Å²) in [4.78, 5) is 0. The fourth-order valence-corrected chi connectivity index (χ4v) is 3.18. The van der Waals surface area contributed by atoms with E-state index in [0.29, 0.717) is 6.10 Å². The Hall–Kier alpha value is -0.930. The van der Waals surface area contributed by atoms with Crippen LogP contribution in [0.5, 0.6) is 0 Å². The molecule has 0 heterocycles. The van der Waals surface area contributed by atoms with Gasteiger partial charge in [-0.2, -0.15) is 0 Å². The van der Waals surface area contributed by atoms with E-state index >= 15 is 0 Å². The number of rotatable bonds is 18. The van der Waals surface area contributed by atoms with E-state index in [1.807, 2.05) is 12.1 Å². The molecular formula is C24H41FO2. The summed E-state index contributed by atoms with van der Waals surface area (Å²) in [6, 6.07) is 6.93. The minimum atomic E-state index is -0.140. The molecule has 0 bridgehead atoms. The van der Waals surface area contributed by atoms with Gasteiger partial charge in [0.05, 0.1) is 6.10 Å². The largest absolute Gasteiger partial charge is 0.381 e. The summed E-state index contributed by atoms with van der Waals surface area (Å²) in [7, 11) is 0. The van der Waals surface area contributed by atoms with Crippen LogP contribution in [0.25, 0.3) is 0 Å². The van der Waals surface area contributed by atoms with Gasteiger partial charge >= 0.3 is 0 Å². The van der Waals surface area contributed by atoms with Crippen molar-refractivity contribution in [1.29, 1.82) is 0 Å². The van der Waals surface area contributed by atoms with E-state index in [1.165, 1.54) is 69.8 Å². The summed E-state index contributed by atoms with van der Waals surface area (Å²) in [5, 5.41) is 0. The fraction of sp³-hybridized carbons (Fsp3) is 0.750. The molecule has 1 aromatic carbocycles. The van der Waals surface area contributed by atoms with Crippen molar-refractivity contribution in [3.63, 3.8) is 0 Å². The van der Waals surface area contributed by atoms with Crippen LogP contribution in [0, 0.1) is 5.82 Å². The standard InChI is InChI=1S/C24H41FO2/c1-22(2)27-21-13-20-26-19-12-10-8-6-4-3-5-7-9-11-14-23-15-17-24(25)18-16-23/h15-18,22H,3-14,19-21H2,1-2H3. The minimum absolute atomic E-state index is 0.140. The first-order chi connectivity index (χ1) is 13.2. The van der Waals surface area contributed by atoms with Crippen LogP contribution < -0.4 is 0 Å². The van der Waals surface area contributed by atoms with Gasteiger partial charge in [0.15, 0.2) is 0 Å². The van der Waals surface area contributed by atoms with Gasteiger partial charge in [-0.3, -0.25) is 0 Å².